The molecule has 7 nitrogen and oxygen atoms in total. The second-order valence-corrected chi connectivity index (χ2v) is 8.85. The number of carbonyl (C=O) groups excluding carboxylic acids is 1. The van der Waals surface area contributed by atoms with Crippen LogP contribution < -0.4 is 15.8 Å². The SMILES string of the molecule is O=C(Cn1cnc2c(oc3ccccc32)c1=O)NCc1ccc(CN2CCc3ccccc32)cc1. The van der Waals surface area contributed by atoms with E-state index in [0.717, 1.165) is 30.5 Å². The number of amides is 1. The highest BCUT2D eigenvalue weighted by Crippen LogP contribution is 2.29. The van der Waals surface area contributed by atoms with Crippen LogP contribution in [0.25, 0.3) is 22.1 Å². The lowest BCUT2D eigenvalue weighted by atomic mass is 10.1. The van der Waals surface area contributed by atoms with E-state index in [9.17, 15) is 9.59 Å². The van der Waals surface area contributed by atoms with Gasteiger partial charge < -0.3 is 14.6 Å². The number of hydrogen-bond acceptors (Lipinski definition) is 5. The molecule has 3 aromatic carbocycles. The summed E-state index contributed by atoms with van der Waals surface area (Å²) < 4.78 is 6.96. The Morgan fingerprint density at radius 3 is 2.63 bits per heavy atom. The van der Waals surface area contributed by atoms with E-state index in [2.05, 4.69) is 51.6 Å². The maximum absolute atomic E-state index is 12.8. The van der Waals surface area contributed by atoms with E-state index in [1.807, 2.05) is 30.3 Å². The summed E-state index contributed by atoms with van der Waals surface area (Å²) in [6.45, 7) is 2.17. The van der Waals surface area contributed by atoms with Crippen LogP contribution in [0.5, 0.6) is 0 Å². The zero-order chi connectivity index (χ0) is 23.8. The fraction of sp³-hybridized carbons (Fsp3) is 0.179. The number of nitrogens with zero attached hydrogens (tertiary/aromatic N) is 3. The molecule has 0 saturated carbocycles. The summed E-state index contributed by atoms with van der Waals surface area (Å²) in [5.74, 6) is -0.262. The van der Waals surface area contributed by atoms with Gasteiger partial charge in [-0.05, 0) is 41.3 Å². The molecule has 0 fully saturated rings. The van der Waals surface area contributed by atoms with Crippen LogP contribution in [0.1, 0.15) is 16.7 Å². The van der Waals surface area contributed by atoms with Crippen molar-refractivity contribution in [3.8, 4) is 0 Å². The molecule has 0 atom stereocenters. The van der Waals surface area contributed by atoms with E-state index in [1.165, 1.54) is 27.7 Å². The lowest BCUT2D eigenvalue weighted by Crippen LogP contribution is -2.32. The van der Waals surface area contributed by atoms with Crippen LogP contribution in [0.2, 0.25) is 0 Å². The van der Waals surface area contributed by atoms with Crippen LogP contribution in [0.15, 0.2) is 88.3 Å². The zero-order valence-corrected chi connectivity index (χ0v) is 19.1. The summed E-state index contributed by atoms with van der Waals surface area (Å²) in [5.41, 5.74) is 5.86. The van der Waals surface area contributed by atoms with Crippen molar-refractivity contribution in [3.05, 3.63) is 106 Å². The quantitative estimate of drug-likeness (QED) is 0.411. The van der Waals surface area contributed by atoms with Gasteiger partial charge in [-0.25, -0.2) is 4.98 Å². The number of para-hydroxylation sites is 2. The first-order valence-corrected chi connectivity index (χ1v) is 11.7. The van der Waals surface area contributed by atoms with Gasteiger partial charge in [0.1, 0.15) is 17.6 Å². The molecule has 0 bridgehead atoms. The molecule has 1 amide bonds. The predicted octanol–water partition coefficient (Wildman–Crippen LogP) is 4.02. The molecule has 0 saturated heterocycles. The predicted molar refractivity (Wildman–Crippen MR) is 135 cm³/mol. The van der Waals surface area contributed by atoms with Crippen molar-refractivity contribution in [2.75, 3.05) is 11.4 Å². The minimum Gasteiger partial charge on any atom is -0.448 e. The Hall–Kier alpha value is -4.39. The van der Waals surface area contributed by atoms with Gasteiger partial charge in [0.25, 0.3) is 5.56 Å². The van der Waals surface area contributed by atoms with Crippen LogP contribution in [0.3, 0.4) is 0 Å². The fourth-order valence-electron chi connectivity index (χ4n) is 4.69. The summed E-state index contributed by atoms with van der Waals surface area (Å²) in [5, 5.41) is 3.67. The van der Waals surface area contributed by atoms with Crippen LogP contribution in [-0.2, 0) is 30.8 Å². The molecular weight excluding hydrogens is 440 g/mol. The van der Waals surface area contributed by atoms with Crippen molar-refractivity contribution >= 4 is 33.7 Å². The van der Waals surface area contributed by atoms with Gasteiger partial charge >= 0.3 is 0 Å². The molecule has 1 N–H and O–H groups in total. The molecule has 0 radical (unpaired) electrons. The van der Waals surface area contributed by atoms with E-state index < -0.39 is 0 Å². The monoisotopic (exact) mass is 464 g/mol. The number of benzene rings is 3. The smallest absolute Gasteiger partial charge is 0.297 e. The van der Waals surface area contributed by atoms with E-state index in [0.29, 0.717) is 17.6 Å². The second kappa shape index (κ2) is 8.76. The third-order valence-electron chi connectivity index (χ3n) is 6.53. The van der Waals surface area contributed by atoms with Gasteiger partial charge in [0.05, 0.1) is 6.33 Å². The molecule has 1 aliphatic rings. The topological polar surface area (TPSA) is 80.4 Å². The van der Waals surface area contributed by atoms with E-state index in [4.69, 9.17) is 4.42 Å². The number of furan rings is 1. The number of fused-ring (bicyclic) bond motifs is 4. The van der Waals surface area contributed by atoms with Gasteiger partial charge in [0, 0.05) is 30.7 Å². The third kappa shape index (κ3) is 4.05. The van der Waals surface area contributed by atoms with Gasteiger partial charge in [-0.3, -0.25) is 14.2 Å². The van der Waals surface area contributed by atoms with Crippen molar-refractivity contribution in [1.29, 1.82) is 0 Å². The molecule has 35 heavy (non-hydrogen) atoms. The van der Waals surface area contributed by atoms with Crippen LogP contribution in [-0.4, -0.2) is 22.0 Å². The first-order valence-electron chi connectivity index (χ1n) is 11.7. The minimum absolute atomic E-state index is 0.120. The molecule has 174 valence electrons. The largest absolute Gasteiger partial charge is 0.448 e. The number of anilines is 1. The summed E-state index contributed by atoms with van der Waals surface area (Å²) >= 11 is 0. The Balaban J connectivity index is 1.08. The molecule has 0 unspecified atom stereocenters. The Labute approximate surface area is 201 Å². The number of hydrogen-bond donors (Lipinski definition) is 1. The standard InChI is InChI=1S/C28H24N4O3/c33-25(17-32-18-30-26-22-6-2-4-8-24(22)35-27(26)28(32)34)29-15-19-9-11-20(12-10-19)16-31-14-13-21-5-1-3-7-23(21)31/h1-12,18H,13-17H2,(H,29,33). The Morgan fingerprint density at radius 1 is 0.971 bits per heavy atom. The minimum atomic E-state index is -0.366. The molecule has 6 rings (SSSR count). The first-order chi connectivity index (χ1) is 17.2. The lowest BCUT2D eigenvalue weighted by molar-refractivity contribution is -0.121. The molecule has 3 heterocycles. The van der Waals surface area contributed by atoms with E-state index >= 15 is 0 Å². The average Bonchev–Trinajstić information content (AvgIpc) is 3.47. The molecule has 0 spiro atoms. The van der Waals surface area contributed by atoms with Crippen LogP contribution in [0, 0.1) is 0 Å². The number of nitrogens with one attached hydrogen (secondary N) is 1. The van der Waals surface area contributed by atoms with Crippen molar-refractivity contribution in [2.45, 2.75) is 26.1 Å². The van der Waals surface area contributed by atoms with Gasteiger partial charge in [-0.2, -0.15) is 0 Å². The summed E-state index contributed by atoms with van der Waals surface area (Å²) in [7, 11) is 0. The maximum atomic E-state index is 12.8. The van der Waals surface area contributed by atoms with Gasteiger partial charge in [0.15, 0.2) is 0 Å². The van der Waals surface area contributed by atoms with Crippen molar-refractivity contribution < 1.29 is 9.21 Å². The summed E-state index contributed by atoms with van der Waals surface area (Å²) in [4.78, 5) is 32.1. The van der Waals surface area contributed by atoms with Crippen molar-refractivity contribution in [2.24, 2.45) is 0 Å². The zero-order valence-electron chi connectivity index (χ0n) is 19.1. The molecule has 1 aliphatic heterocycles. The Kier molecular flexibility index (Phi) is 5.29. The molecule has 5 aromatic rings. The third-order valence-corrected chi connectivity index (χ3v) is 6.53. The molecule has 2 aromatic heterocycles. The van der Waals surface area contributed by atoms with Crippen LogP contribution in [0.4, 0.5) is 5.69 Å². The van der Waals surface area contributed by atoms with E-state index in [-0.39, 0.29) is 23.6 Å². The first kappa shape index (κ1) is 21.2. The number of rotatable bonds is 6. The number of aromatic nitrogens is 2. The lowest BCUT2D eigenvalue weighted by Gasteiger charge is -2.19. The highest BCUT2D eigenvalue weighted by Gasteiger charge is 2.18. The molecular formula is C28H24N4O3. The summed E-state index contributed by atoms with van der Waals surface area (Å²) in [6.07, 6.45) is 2.49. The van der Waals surface area contributed by atoms with E-state index in [1.54, 1.807) is 6.07 Å². The molecule has 7 heteroatoms. The van der Waals surface area contributed by atoms with Crippen LogP contribution >= 0.6 is 0 Å². The highest BCUT2D eigenvalue weighted by molar-refractivity contribution is 6.01. The Morgan fingerprint density at radius 2 is 1.74 bits per heavy atom. The van der Waals surface area contributed by atoms with Crippen molar-refractivity contribution in [3.63, 3.8) is 0 Å². The second-order valence-electron chi connectivity index (χ2n) is 8.85. The van der Waals surface area contributed by atoms with Gasteiger partial charge in [-0.1, -0.05) is 54.6 Å². The highest BCUT2D eigenvalue weighted by atomic mass is 16.3. The van der Waals surface area contributed by atoms with Gasteiger partial charge in [-0.15, -0.1) is 0 Å². The summed E-state index contributed by atoms with van der Waals surface area (Å²) in [6, 6.07) is 24.2. The van der Waals surface area contributed by atoms with Crippen molar-refractivity contribution in [1.82, 2.24) is 14.9 Å². The number of carbonyl (C=O) groups is 1. The average molecular weight is 465 g/mol. The maximum Gasteiger partial charge on any atom is 0.297 e. The molecule has 0 aliphatic carbocycles. The fourth-order valence-corrected chi connectivity index (χ4v) is 4.69. The normalized spacial score (nSPS) is 12.9. The van der Waals surface area contributed by atoms with Gasteiger partial charge in [0.2, 0.25) is 11.5 Å². The Bertz CT molecular complexity index is 1600.